The summed E-state index contributed by atoms with van der Waals surface area (Å²) in [4.78, 5) is 0. The van der Waals surface area contributed by atoms with E-state index in [4.69, 9.17) is 4.42 Å². The fraction of sp³-hybridized carbons (Fsp3) is 0.211. The van der Waals surface area contributed by atoms with Crippen molar-refractivity contribution >= 4 is 43.7 Å². The number of hydrogen-bond donors (Lipinski definition) is 0. The minimum Gasteiger partial charge on any atom is -0.467 e. The van der Waals surface area contributed by atoms with Crippen molar-refractivity contribution in [3.63, 3.8) is 0 Å². The molecule has 0 amide bonds. The number of hydrogen-bond acceptors (Lipinski definition) is 2. The zero-order chi connectivity index (χ0) is 44.5. The molecule has 0 atom stereocenters. The molecule has 0 aliphatic rings. The molecule has 1 radical (unpaired) electrons. The summed E-state index contributed by atoms with van der Waals surface area (Å²) >= 11 is 0. The Morgan fingerprint density at radius 3 is 1.67 bits per heavy atom. The van der Waals surface area contributed by atoms with E-state index in [1.54, 1.807) is 0 Å². The Bertz CT molecular complexity index is 3180. The molecule has 0 unspecified atom stereocenters. The first kappa shape index (κ1) is 44.7. The van der Waals surface area contributed by atoms with Crippen molar-refractivity contribution in [1.82, 2.24) is 4.57 Å². The van der Waals surface area contributed by atoms with Crippen LogP contribution in [0.2, 0.25) is 0 Å². The van der Waals surface area contributed by atoms with Gasteiger partial charge in [0, 0.05) is 55.7 Å². The summed E-state index contributed by atoms with van der Waals surface area (Å²) in [6.45, 7) is 28.5. The Labute approximate surface area is 387 Å². The van der Waals surface area contributed by atoms with Crippen LogP contribution in [0.1, 0.15) is 95.7 Å². The van der Waals surface area contributed by atoms with Crippen molar-refractivity contribution in [3.05, 3.63) is 189 Å². The average Bonchev–Trinajstić information content (AvgIpc) is 3.75. The van der Waals surface area contributed by atoms with Crippen LogP contribution in [-0.2, 0) is 36.4 Å². The smallest absolute Gasteiger partial charge is 0.159 e. The predicted molar refractivity (Wildman–Crippen MR) is 257 cm³/mol. The van der Waals surface area contributed by atoms with E-state index < -0.39 is 0 Å². The van der Waals surface area contributed by atoms with Crippen LogP contribution >= 0.6 is 0 Å². The molecule has 0 saturated heterocycles. The second-order valence-corrected chi connectivity index (χ2v) is 19.6. The molecule has 9 rings (SSSR count). The zero-order valence-electron chi connectivity index (χ0n) is 38.0. The van der Waals surface area contributed by atoms with Crippen molar-refractivity contribution in [2.45, 2.75) is 78.6 Å². The molecule has 321 valence electrons. The maximum Gasteiger partial charge on any atom is 0.159 e. The van der Waals surface area contributed by atoms with Gasteiger partial charge in [-0.1, -0.05) is 116 Å². The summed E-state index contributed by atoms with van der Waals surface area (Å²) in [5, 5.41) is 14.7. The predicted octanol–water partition coefficient (Wildman–Crippen LogP) is 13.7. The maximum atomic E-state index is 10.5. The first-order valence-corrected chi connectivity index (χ1v) is 21.2. The number of nitrogens with zero attached hydrogens (tertiary/aromatic N) is 4. The molecule has 0 bridgehead atoms. The molecule has 63 heavy (non-hydrogen) atoms. The van der Waals surface area contributed by atoms with Gasteiger partial charge in [-0.2, -0.15) is 42.4 Å². The second kappa shape index (κ2) is 16.4. The fourth-order valence-electron chi connectivity index (χ4n) is 8.43. The van der Waals surface area contributed by atoms with Gasteiger partial charge in [-0.3, -0.25) is 0 Å². The van der Waals surface area contributed by atoms with Crippen molar-refractivity contribution in [2.24, 2.45) is 0 Å². The van der Waals surface area contributed by atoms with Crippen LogP contribution in [0.25, 0.3) is 71.9 Å². The van der Waals surface area contributed by atoms with Gasteiger partial charge in [-0.05, 0) is 69.3 Å². The van der Waals surface area contributed by atoms with Gasteiger partial charge in [0.1, 0.15) is 11.8 Å². The van der Waals surface area contributed by atoms with E-state index in [0.717, 1.165) is 66.7 Å². The number of nitriles is 1. The van der Waals surface area contributed by atoms with Crippen LogP contribution < -0.4 is 9.13 Å². The van der Waals surface area contributed by atoms with Gasteiger partial charge in [0.05, 0.1) is 46.0 Å². The SMILES string of the molecule is [CH2-]c1ccc2c(oc3c(-n4c5ccc(C(C)(C)C)cc5c5cc(C(C)(C)C)ccc54)c(C#N)ccc32)c1-c1cccc[n+]1[CH2-].[CH2-]c1ccccc1-c1ccc(C(C)(C)C)c[n+]1[CH2-].[Ir]. The van der Waals surface area contributed by atoms with Crippen LogP contribution in [0, 0.1) is 39.3 Å². The van der Waals surface area contributed by atoms with Gasteiger partial charge in [0.15, 0.2) is 5.58 Å². The molecule has 0 aliphatic carbocycles. The van der Waals surface area contributed by atoms with E-state index >= 15 is 0 Å². The molecular weight excluding hydrogens is 949 g/mol. The van der Waals surface area contributed by atoms with E-state index in [-0.39, 0.29) is 36.4 Å². The van der Waals surface area contributed by atoms with Crippen molar-refractivity contribution in [2.75, 3.05) is 0 Å². The molecular formula is C57H56IrN4O-2. The summed E-state index contributed by atoms with van der Waals surface area (Å²) in [6, 6.07) is 42.3. The van der Waals surface area contributed by atoms with Gasteiger partial charge in [-0.25, -0.2) is 0 Å². The van der Waals surface area contributed by atoms with Crippen molar-refractivity contribution < 1.29 is 33.7 Å². The fourth-order valence-corrected chi connectivity index (χ4v) is 8.43. The quantitative estimate of drug-likeness (QED) is 0.131. The van der Waals surface area contributed by atoms with E-state index in [9.17, 15) is 5.26 Å². The Morgan fingerprint density at radius 2 is 1.11 bits per heavy atom. The van der Waals surface area contributed by atoms with Crippen molar-refractivity contribution in [1.29, 1.82) is 5.26 Å². The first-order valence-electron chi connectivity index (χ1n) is 21.2. The minimum absolute atomic E-state index is 0. The Balaban J connectivity index is 0.000000263. The number of rotatable bonds is 3. The average molecular weight is 1010 g/mol. The summed E-state index contributed by atoms with van der Waals surface area (Å²) in [5.74, 6) is 0. The van der Waals surface area contributed by atoms with Gasteiger partial charge in [-0.15, -0.1) is 23.8 Å². The molecule has 4 heterocycles. The molecule has 0 saturated carbocycles. The minimum atomic E-state index is -0.00838. The third-order valence-corrected chi connectivity index (χ3v) is 12.1. The summed E-state index contributed by atoms with van der Waals surface area (Å²) in [5.41, 5.74) is 14.6. The number of aromatic nitrogens is 3. The monoisotopic (exact) mass is 1010 g/mol. The van der Waals surface area contributed by atoms with Gasteiger partial charge in [0.25, 0.3) is 0 Å². The molecule has 9 aromatic rings. The van der Waals surface area contributed by atoms with E-state index in [1.165, 1.54) is 27.5 Å². The van der Waals surface area contributed by atoms with Crippen LogP contribution in [0.5, 0.6) is 0 Å². The third-order valence-electron chi connectivity index (χ3n) is 12.1. The van der Waals surface area contributed by atoms with Crippen LogP contribution in [0.3, 0.4) is 0 Å². The van der Waals surface area contributed by atoms with Crippen LogP contribution in [-0.4, -0.2) is 4.57 Å². The standard InChI is InChI=1S/C40H36N3O.C17H20N.Ir/c1-24-12-16-28-29-17-13-25(23-41)36(38(29)44-37(28)35(24)34-11-9-10-20-42(34)8)43-32-18-14-26(39(2,3)4)21-30(32)31-22-27(40(5,6)7)15-19-33(31)43;1-13-8-6-7-9-15(13)16-11-10-14(12-18(16)5)17(2,3)4;/h9-22H,1,8H2,2-7H3;6-12H,1,5H2,2-4H3;/q2*-1;. The molecule has 0 N–H and O–H groups in total. The molecule has 6 heteroatoms. The topological polar surface area (TPSA) is 49.6 Å². The zero-order valence-corrected chi connectivity index (χ0v) is 40.4. The number of fused-ring (bicyclic) bond motifs is 6. The van der Waals surface area contributed by atoms with E-state index in [1.807, 2.05) is 69.9 Å². The molecule has 5 nitrogen and oxygen atoms in total. The summed E-state index contributed by atoms with van der Waals surface area (Å²) in [6.07, 6.45) is 4.02. The van der Waals surface area contributed by atoms with Gasteiger partial charge < -0.3 is 18.1 Å². The Kier molecular flexibility index (Phi) is 11.6. The van der Waals surface area contributed by atoms with E-state index in [0.29, 0.717) is 11.1 Å². The largest absolute Gasteiger partial charge is 0.467 e. The molecule has 5 aromatic carbocycles. The van der Waals surface area contributed by atoms with E-state index in [2.05, 4.69) is 168 Å². The molecule has 0 aliphatic heterocycles. The molecule has 0 spiro atoms. The van der Waals surface area contributed by atoms with Gasteiger partial charge in [0.2, 0.25) is 0 Å². The normalized spacial score (nSPS) is 12.0. The maximum absolute atomic E-state index is 10.5. The van der Waals surface area contributed by atoms with Crippen LogP contribution in [0.15, 0.2) is 132 Å². The Hall–Kier alpha value is -6.38. The summed E-state index contributed by atoms with van der Waals surface area (Å²) < 4.78 is 12.9. The number of benzene rings is 5. The Morgan fingerprint density at radius 1 is 0.556 bits per heavy atom. The first-order chi connectivity index (χ1) is 29.3. The number of pyridine rings is 2. The van der Waals surface area contributed by atoms with Crippen molar-refractivity contribution in [3.8, 4) is 34.3 Å². The van der Waals surface area contributed by atoms with Gasteiger partial charge >= 0.3 is 0 Å². The number of furan rings is 1. The van der Waals surface area contributed by atoms with Crippen LogP contribution in [0.4, 0.5) is 0 Å². The summed E-state index contributed by atoms with van der Waals surface area (Å²) in [7, 11) is 8.30. The second-order valence-electron chi connectivity index (χ2n) is 19.6. The molecule has 4 aromatic heterocycles. The third kappa shape index (κ3) is 8.09. The molecule has 0 fully saturated rings.